The lowest BCUT2D eigenvalue weighted by Crippen LogP contribution is -2.40. The van der Waals surface area contributed by atoms with E-state index in [1.54, 1.807) is 5.38 Å². The molecule has 19 heavy (non-hydrogen) atoms. The molecule has 0 bridgehead atoms. The van der Waals surface area contributed by atoms with Crippen molar-refractivity contribution in [1.29, 1.82) is 0 Å². The number of hydrogen-bond donors (Lipinski definition) is 2. The molecule has 2 saturated carbocycles. The SMILES string of the molecule is O=C(N[C@@H]1CCC[C@H]1C(=O)O)c1csc(C2CC2)n1. The zero-order valence-corrected chi connectivity index (χ0v) is 11.3. The van der Waals surface area contributed by atoms with Gasteiger partial charge in [-0.3, -0.25) is 9.59 Å². The minimum atomic E-state index is -0.820. The van der Waals surface area contributed by atoms with Crippen LogP contribution in [-0.4, -0.2) is 28.0 Å². The number of nitrogens with one attached hydrogen (secondary N) is 1. The zero-order valence-electron chi connectivity index (χ0n) is 10.5. The third kappa shape index (κ3) is 2.63. The molecule has 5 nitrogen and oxygen atoms in total. The summed E-state index contributed by atoms with van der Waals surface area (Å²) >= 11 is 1.53. The molecular weight excluding hydrogens is 264 g/mol. The van der Waals surface area contributed by atoms with Crippen LogP contribution in [0.25, 0.3) is 0 Å². The Hall–Kier alpha value is -1.43. The van der Waals surface area contributed by atoms with Crippen LogP contribution in [0.1, 0.15) is 53.5 Å². The number of nitrogens with zero attached hydrogens (tertiary/aromatic N) is 1. The van der Waals surface area contributed by atoms with E-state index in [0.717, 1.165) is 30.7 Å². The van der Waals surface area contributed by atoms with Gasteiger partial charge in [0, 0.05) is 17.3 Å². The molecule has 2 aliphatic rings. The summed E-state index contributed by atoms with van der Waals surface area (Å²) in [6.07, 6.45) is 4.57. The Morgan fingerprint density at radius 1 is 1.32 bits per heavy atom. The first-order valence-electron chi connectivity index (χ1n) is 6.64. The van der Waals surface area contributed by atoms with E-state index in [0.29, 0.717) is 18.0 Å². The molecule has 102 valence electrons. The number of amides is 1. The van der Waals surface area contributed by atoms with Crippen molar-refractivity contribution in [3.63, 3.8) is 0 Å². The van der Waals surface area contributed by atoms with E-state index < -0.39 is 11.9 Å². The van der Waals surface area contributed by atoms with Crippen molar-refractivity contribution in [2.45, 2.75) is 44.1 Å². The van der Waals surface area contributed by atoms with Crippen LogP contribution in [0.2, 0.25) is 0 Å². The lowest BCUT2D eigenvalue weighted by atomic mass is 10.0. The quantitative estimate of drug-likeness (QED) is 0.884. The van der Waals surface area contributed by atoms with Crippen molar-refractivity contribution < 1.29 is 14.7 Å². The van der Waals surface area contributed by atoms with Gasteiger partial charge in [0.25, 0.3) is 5.91 Å². The zero-order chi connectivity index (χ0) is 13.4. The van der Waals surface area contributed by atoms with Gasteiger partial charge in [0.05, 0.1) is 10.9 Å². The van der Waals surface area contributed by atoms with E-state index in [-0.39, 0.29) is 11.9 Å². The van der Waals surface area contributed by atoms with Gasteiger partial charge in [-0.25, -0.2) is 4.98 Å². The molecule has 3 rings (SSSR count). The van der Waals surface area contributed by atoms with Gasteiger partial charge in [-0.05, 0) is 25.7 Å². The number of rotatable bonds is 4. The summed E-state index contributed by atoms with van der Waals surface area (Å²) in [7, 11) is 0. The summed E-state index contributed by atoms with van der Waals surface area (Å²) in [4.78, 5) is 27.5. The van der Waals surface area contributed by atoms with Crippen LogP contribution >= 0.6 is 11.3 Å². The van der Waals surface area contributed by atoms with Gasteiger partial charge in [-0.15, -0.1) is 11.3 Å². The Morgan fingerprint density at radius 2 is 2.11 bits per heavy atom. The molecule has 2 fully saturated rings. The van der Waals surface area contributed by atoms with Crippen LogP contribution < -0.4 is 5.32 Å². The molecule has 0 spiro atoms. The first-order chi connectivity index (χ1) is 9.15. The fraction of sp³-hybridized carbons (Fsp3) is 0.615. The molecule has 0 saturated heterocycles. The van der Waals surface area contributed by atoms with E-state index in [4.69, 9.17) is 5.11 Å². The molecule has 0 radical (unpaired) electrons. The molecule has 1 heterocycles. The van der Waals surface area contributed by atoms with Gasteiger partial charge >= 0.3 is 5.97 Å². The second kappa shape index (κ2) is 4.92. The van der Waals surface area contributed by atoms with Gasteiger partial charge in [0.15, 0.2) is 0 Å². The highest BCUT2D eigenvalue weighted by molar-refractivity contribution is 7.10. The van der Waals surface area contributed by atoms with Gasteiger partial charge < -0.3 is 10.4 Å². The lowest BCUT2D eigenvalue weighted by Gasteiger charge is -2.16. The summed E-state index contributed by atoms with van der Waals surface area (Å²) < 4.78 is 0. The summed E-state index contributed by atoms with van der Waals surface area (Å²) in [5, 5.41) is 14.7. The normalized spacial score (nSPS) is 26.3. The Balaban J connectivity index is 1.64. The van der Waals surface area contributed by atoms with E-state index in [2.05, 4.69) is 10.3 Å². The average molecular weight is 280 g/mol. The van der Waals surface area contributed by atoms with Gasteiger partial charge in [0.2, 0.25) is 0 Å². The topological polar surface area (TPSA) is 79.3 Å². The number of hydrogen-bond acceptors (Lipinski definition) is 4. The minimum Gasteiger partial charge on any atom is -0.481 e. The summed E-state index contributed by atoms with van der Waals surface area (Å²) in [5.41, 5.74) is 0.433. The highest BCUT2D eigenvalue weighted by atomic mass is 32.1. The van der Waals surface area contributed by atoms with Crippen molar-refractivity contribution in [1.82, 2.24) is 10.3 Å². The van der Waals surface area contributed by atoms with E-state index in [9.17, 15) is 9.59 Å². The first-order valence-corrected chi connectivity index (χ1v) is 7.52. The summed E-state index contributed by atoms with van der Waals surface area (Å²) in [6, 6.07) is -0.254. The molecule has 2 N–H and O–H groups in total. The van der Waals surface area contributed by atoms with E-state index in [1.807, 2.05) is 0 Å². The Bertz CT molecular complexity index is 510. The van der Waals surface area contributed by atoms with E-state index >= 15 is 0 Å². The molecule has 0 aromatic carbocycles. The maximum atomic E-state index is 12.1. The maximum absolute atomic E-state index is 12.1. The molecule has 2 atom stereocenters. The first kappa shape index (κ1) is 12.6. The van der Waals surface area contributed by atoms with Gasteiger partial charge in [-0.1, -0.05) is 6.42 Å². The number of carbonyl (C=O) groups excluding carboxylic acids is 1. The molecule has 1 aromatic heterocycles. The molecule has 2 aliphatic carbocycles. The fourth-order valence-corrected chi connectivity index (χ4v) is 3.55. The Labute approximate surface area is 115 Å². The van der Waals surface area contributed by atoms with Gasteiger partial charge in [0.1, 0.15) is 5.69 Å². The van der Waals surface area contributed by atoms with Gasteiger partial charge in [-0.2, -0.15) is 0 Å². The monoisotopic (exact) mass is 280 g/mol. The van der Waals surface area contributed by atoms with E-state index in [1.165, 1.54) is 11.3 Å². The Kier molecular flexibility index (Phi) is 3.26. The van der Waals surface area contributed by atoms with Crippen molar-refractivity contribution in [2.75, 3.05) is 0 Å². The lowest BCUT2D eigenvalue weighted by molar-refractivity contribution is -0.142. The van der Waals surface area contributed by atoms with Crippen molar-refractivity contribution in [2.24, 2.45) is 5.92 Å². The second-order valence-electron chi connectivity index (χ2n) is 5.30. The Morgan fingerprint density at radius 3 is 2.79 bits per heavy atom. The number of carboxylic acids is 1. The third-order valence-corrected chi connectivity index (χ3v) is 4.84. The van der Waals surface area contributed by atoms with Crippen LogP contribution in [0.5, 0.6) is 0 Å². The fourth-order valence-electron chi connectivity index (χ4n) is 2.58. The van der Waals surface area contributed by atoms with Crippen LogP contribution in [0.4, 0.5) is 0 Å². The molecular formula is C13H16N2O3S. The molecule has 6 heteroatoms. The van der Waals surface area contributed by atoms with Crippen LogP contribution in [-0.2, 0) is 4.79 Å². The number of thiazole rings is 1. The average Bonchev–Trinajstić information content (AvgIpc) is 2.92. The summed E-state index contributed by atoms with van der Waals surface area (Å²) in [6.45, 7) is 0. The second-order valence-corrected chi connectivity index (χ2v) is 6.19. The molecule has 1 amide bonds. The van der Waals surface area contributed by atoms with Crippen LogP contribution in [0, 0.1) is 5.92 Å². The predicted octanol–water partition coefficient (Wildman–Crippen LogP) is 2.00. The van der Waals surface area contributed by atoms with Crippen molar-refractivity contribution in [3.05, 3.63) is 16.1 Å². The highest BCUT2D eigenvalue weighted by Gasteiger charge is 2.34. The molecule has 1 aromatic rings. The van der Waals surface area contributed by atoms with Crippen molar-refractivity contribution in [3.8, 4) is 0 Å². The van der Waals surface area contributed by atoms with Crippen molar-refractivity contribution >= 4 is 23.2 Å². The standard InChI is InChI=1S/C13H16N2O3S/c16-11(10-6-19-12(15-10)7-4-5-7)14-9-3-1-2-8(9)13(17)18/h6-9H,1-5H2,(H,14,16)(H,17,18)/t8-,9-/m1/s1. The third-order valence-electron chi connectivity index (χ3n) is 3.83. The smallest absolute Gasteiger partial charge is 0.308 e. The van der Waals surface area contributed by atoms with Crippen LogP contribution in [0.3, 0.4) is 0 Å². The number of aliphatic carboxylic acids is 1. The minimum absolute atomic E-state index is 0.235. The largest absolute Gasteiger partial charge is 0.481 e. The maximum Gasteiger partial charge on any atom is 0.308 e. The molecule has 0 aliphatic heterocycles. The number of aromatic nitrogens is 1. The highest BCUT2D eigenvalue weighted by Crippen LogP contribution is 2.41. The van der Waals surface area contributed by atoms with Crippen LogP contribution in [0.15, 0.2) is 5.38 Å². The number of carboxylic acid groups (broad SMARTS) is 1. The molecule has 0 unspecified atom stereocenters. The summed E-state index contributed by atoms with van der Waals surface area (Å²) in [5.74, 6) is -0.962. The predicted molar refractivity (Wildman–Crippen MR) is 70.3 cm³/mol. The number of carbonyl (C=O) groups is 2.